The van der Waals surface area contributed by atoms with Gasteiger partial charge in [0.05, 0.1) is 15.5 Å². The minimum Gasteiger partial charge on any atom is -0.478 e. The monoisotopic (exact) mass is 303 g/mol. The summed E-state index contributed by atoms with van der Waals surface area (Å²) in [6.45, 7) is 3.95. The van der Waals surface area contributed by atoms with Crippen LogP contribution >= 0.6 is 11.6 Å². The fraction of sp³-hybridized carbons (Fsp3) is 0.417. The second-order valence-corrected chi connectivity index (χ2v) is 7.43. The Balaban J connectivity index is 2.27. The third-order valence-electron chi connectivity index (χ3n) is 3.29. The first-order valence-electron chi connectivity index (χ1n) is 5.69. The second kappa shape index (κ2) is 4.47. The van der Waals surface area contributed by atoms with Crippen LogP contribution in [0.4, 0.5) is 0 Å². The topological polar surface area (TPSA) is 83.5 Å². The molecule has 0 aromatic heterocycles. The molecule has 2 N–H and O–H groups in total. The third-order valence-corrected chi connectivity index (χ3v) is 5.07. The molecule has 1 atom stereocenters. The van der Waals surface area contributed by atoms with Gasteiger partial charge in [-0.2, -0.15) is 0 Å². The molecule has 0 saturated heterocycles. The minimum atomic E-state index is -3.66. The molecular weight excluding hydrogens is 290 g/mol. The van der Waals surface area contributed by atoms with Crippen LogP contribution in [-0.4, -0.2) is 25.5 Å². The lowest BCUT2D eigenvalue weighted by Gasteiger charge is -2.09. The summed E-state index contributed by atoms with van der Waals surface area (Å²) in [6, 6.07) is 3.50. The molecule has 0 heterocycles. The van der Waals surface area contributed by atoms with Gasteiger partial charge in [-0.3, -0.25) is 0 Å². The lowest BCUT2D eigenvalue weighted by Crippen LogP contribution is -2.28. The molecule has 104 valence electrons. The van der Waals surface area contributed by atoms with E-state index in [1.807, 2.05) is 13.8 Å². The van der Waals surface area contributed by atoms with Crippen LogP contribution in [0.3, 0.4) is 0 Å². The molecule has 0 bridgehead atoms. The molecule has 2 rings (SSSR count). The van der Waals surface area contributed by atoms with Crippen LogP contribution in [0.2, 0.25) is 5.02 Å². The van der Waals surface area contributed by atoms with Crippen molar-refractivity contribution < 1.29 is 18.3 Å². The van der Waals surface area contributed by atoms with Crippen LogP contribution in [0.5, 0.6) is 0 Å². The van der Waals surface area contributed by atoms with Crippen molar-refractivity contribution >= 4 is 27.6 Å². The van der Waals surface area contributed by atoms with E-state index in [-0.39, 0.29) is 26.9 Å². The van der Waals surface area contributed by atoms with Crippen molar-refractivity contribution in [2.45, 2.75) is 31.2 Å². The highest BCUT2D eigenvalue weighted by Crippen LogP contribution is 2.45. The Labute approximate surface area is 116 Å². The van der Waals surface area contributed by atoms with E-state index in [0.29, 0.717) is 0 Å². The number of sulfonamides is 1. The number of rotatable bonds is 4. The highest BCUT2D eigenvalue weighted by atomic mass is 35.5. The maximum Gasteiger partial charge on any atom is 0.337 e. The van der Waals surface area contributed by atoms with E-state index in [0.717, 1.165) is 12.5 Å². The molecule has 1 aliphatic carbocycles. The van der Waals surface area contributed by atoms with E-state index in [2.05, 4.69) is 4.72 Å². The maximum absolute atomic E-state index is 12.1. The van der Waals surface area contributed by atoms with Gasteiger partial charge in [0.1, 0.15) is 0 Å². The molecule has 0 amide bonds. The highest BCUT2D eigenvalue weighted by molar-refractivity contribution is 7.89. The van der Waals surface area contributed by atoms with E-state index in [9.17, 15) is 13.2 Å². The van der Waals surface area contributed by atoms with Gasteiger partial charge in [0.25, 0.3) is 0 Å². The van der Waals surface area contributed by atoms with Crippen LogP contribution in [-0.2, 0) is 10.0 Å². The van der Waals surface area contributed by atoms with Gasteiger partial charge in [0.2, 0.25) is 10.0 Å². The Morgan fingerprint density at radius 2 is 2.05 bits per heavy atom. The maximum atomic E-state index is 12.1. The number of aromatic carboxylic acids is 1. The zero-order valence-electron chi connectivity index (χ0n) is 10.5. The van der Waals surface area contributed by atoms with Gasteiger partial charge in [0.15, 0.2) is 0 Å². The van der Waals surface area contributed by atoms with Gasteiger partial charge in [-0.1, -0.05) is 25.4 Å². The second-order valence-electron chi connectivity index (χ2n) is 5.31. The number of hydrogen-bond acceptors (Lipinski definition) is 3. The zero-order chi connectivity index (χ0) is 14.4. The standard InChI is InChI=1S/C12H14ClNO4S/c1-12(2)6-10(12)14-19(17,18)7-3-4-8(11(15)16)9(13)5-7/h3-5,10,14H,6H2,1-2H3,(H,15,16). The molecule has 1 aliphatic rings. The van der Waals surface area contributed by atoms with Crippen molar-refractivity contribution in [1.29, 1.82) is 0 Å². The molecule has 1 aromatic rings. The molecule has 1 fully saturated rings. The van der Waals surface area contributed by atoms with Crippen molar-refractivity contribution in [3.05, 3.63) is 28.8 Å². The summed E-state index contributed by atoms with van der Waals surface area (Å²) in [6.07, 6.45) is 0.785. The molecule has 5 nitrogen and oxygen atoms in total. The fourth-order valence-corrected chi connectivity index (χ4v) is 3.52. The smallest absolute Gasteiger partial charge is 0.337 e. The summed E-state index contributed by atoms with van der Waals surface area (Å²) >= 11 is 5.77. The average Bonchev–Trinajstić information content (AvgIpc) is 2.84. The fourth-order valence-electron chi connectivity index (χ4n) is 1.76. The molecule has 1 saturated carbocycles. The predicted octanol–water partition coefficient (Wildman–Crippen LogP) is 2.12. The van der Waals surface area contributed by atoms with Gasteiger partial charge in [-0.15, -0.1) is 0 Å². The van der Waals surface area contributed by atoms with Crippen LogP contribution in [0.15, 0.2) is 23.1 Å². The first kappa shape index (κ1) is 14.3. The van der Waals surface area contributed by atoms with Crippen LogP contribution < -0.4 is 4.72 Å². The summed E-state index contributed by atoms with van der Waals surface area (Å²) in [7, 11) is -3.66. The number of carboxylic acids is 1. The predicted molar refractivity (Wildman–Crippen MR) is 70.9 cm³/mol. The summed E-state index contributed by atoms with van der Waals surface area (Å²) in [5.74, 6) is -1.19. The molecule has 19 heavy (non-hydrogen) atoms. The molecule has 1 unspecified atom stereocenters. The summed E-state index contributed by atoms with van der Waals surface area (Å²) in [5.41, 5.74) is -0.148. The summed E-state index contributed by atoms with van der Waals surface area (Å²) in [5, 5.41) is 8.74. The Hall–Kier alpha value is -1.11. The van der Waals surface area contributed by atoms with Gasteiger partial charge in [-0.25, -0.2) is 17.9 Å². The molecule has 0 spiro atoms. The van der Waals surface area contributed by atoms with Crippen molar-refractivity contribution in [3.63, 3.8) is 0 Å². The van der Waals surface area contributed by atoms with E-state index >= 15 is 0 Å². The van der Waals surface area contributed by atoms with E-state index in [4.69, 9.17) is 16.7 Å². The first-order chi connectivity index (χ1) is 8.63. The number of halogens is 1. The van der Waals surface area contributed by atoms with Crippen LogP contribution in [0.1, 0.15) is 30.6 Å². The molecule has 1 aromatic carbocycles. The van der Waals surface area contributed by atoms with Crippen molar-refractivity contribution in [3.8, 4) is 0 Å². The van der Waals surface area contributed by atoms with E-state index in [1.54, 1.807) is 0 Å². The number of benzene rings is 1. The van der Waals surface area contributed by atoms with Gasteiger partial charge >= 0.3 is 5.97 Å². The first-order valence-corrected chi connectivity index (χ1v) is 7.55. The number of carbonyl (C=O) groups is 1. The Morgan fingerprint density at radius 3 is 2.47 bits per heavy atom. The average molecular weight is 304 g/mol. The SMILES string of the molecule is CC1(C)CC1NS(=O)(=O)c1ccc(C(=O)O)c(Cl)c1. The lowest BCUT2D eigenvalue weighted by molar-refractivity contribution is 0.0697. The van der Waals surface area contributed by atoms with Crippen LogP contribution in [0.25, 0.3) is 0 Å². The number of carboxylic acid groups (broad SMARTS) is 1. The third kappa shape index (κ3) is 2.91. The molecular formula is C12H14ClNO4S. The highest BCUT2D eigenvalue weighted by Gasteiger charge is 2.47. The normalized spacial score (nSPS) is 21.1. The summed E-state index contributed by atoms with van der Waals surface area (Å²) < 4.78 is 26.8. The van der Waals surface area contributed by atoms with Gasteiger partial charge < -0.3 is 5.11 Å². The molecule has 7 heteroatoms. The van der Waals surface area contributed by atoms with Crippen molar-refractivity contribution in [2.75, 3.05) is 0 Å². The van der Waals surface area contributed by atoms with E-state index < -0.39 is 16.0 Å². The lowest BCUT2D eigenvalue weighted by atomic mass is 10.2. The summed E-state index contributed by atoms with van der Waals surface area (Å²) in [4.78, 5) is 10.8. The number of hydrogen-bond donors (Lipinski definition) is 2. The van der Waals surface area contributed by atoms with Crippen molar-refractivity contribution in [2.24, 2.45) is 5.41 Å². The quantitative estimate of drug-likeness (QED) is 0.892. The van der Waals surface area contributed by atoms with Gasteiger partial charge in [0, 0.05) is 6.04 Å². The minimum absolute atomic E-state index is 0.0230. The van der Waals surface area contributed by atoms with E-state index in [1.165, 1.54) is 12.1 Å². The number of nitrogens with one attached hydrogen (secondary N) is 1. The van der Waals surface area contributed by atoms with Crippen LogP contribution in [0, 0.1) is 5.41 Å². The Morgan fingerprint density at radius 1 is 1.47 bits per heavy atom. The zero-order valence-corrected chi connectivity index (χ0v) is 12.0. The van der Waals surface area contributed by atoms with Crippen molar-refractivity contribution in [1.82, 2.24) is 4.72 Å². The van der Waals surface area contributed by atoms with Gasteiger partial charge in [-0.05, 0) is 30.0 Å². The largest absolute Gasteiger partial charge is 0.478 e. The molecule has 0 radical (unpaired) electrons. The Bertz CT molecular complexity index is 639. The molecule has 0 aliphatic heterocycles. The Kier molecular flexibility index (Phi) is 3.36.